The van der Waals surface area contributed by atoms with E-state index in [1.165, 1.54) is 0 Å². The molecular weight excluding hydrogens is 268 g/mol. The lowest BCUT2D eigenvalue weighted by Gasteiger charge is -2.21. The third-order valence-electron chi connectivity index (χ3n) is 3.31. The van der Waals surface area contributed by atoms with Gasteiger partial charge in [-0.3, -0.25) is 0 Å². The van der Waals surface area contributed by atoms with Crippen molar-refractivity contribution < 1.29 is 14.6 Å². The summed E-state index contributed by atoms with van der Waals surface area (Å²) in [5.41, 5.74) is 1.60. The molecule has 0 spiro atoms. The first-order chi connectivity index (χ1) is 9.98. The second-order valence-electron chi connectivity index (χ2n) is 5.90. The maximum Gasteiger partial charge on any atom is 0.319 e. The average molecular weight is 294 g/mol. The maximum atomic E-state index is 11.9. The van der Waals surface area contributed by atoms with Crippen LogP contribution in [0.5, 0.6) is 0 Å². The maximum absolute atomic E-state index is 11.9. The molecule has 0 fully saturated rings. The zero-order valence-corrected chi connectivity index (χ0v) is 13.1. The molecule has 5 nitrogen and oxygen atoms in total. The summed E-state index contributed by atoms with van der Waals surface area (Å²) >= 11 is 0. The highest BCUT2D eigenvalue weighted by atomic mass is 16.5. The second-order valence-corrected chi connectivity index (χ2v) is 5.90. The van der Waals surface area contributed by atoms with Crippen LogP contribution >= 0.6 is 0 Å². The SMILES string of the molecule is COCc1ccccc1NC(=O)NCCCC(C)(C)CO. The van der Waals surface area contributed by atoms with E-state index in [-0.39, 0.29) is 18.1 Å². The summed E-state index contributed by atoms with van der Waals surface area (Å²) in [4.78, 5) is 11.9. The van der Waals surface area contributed by atoms with Gasteiger partial charge in [-0.15, -0.1) is 0 Å². The Balaban J connectivity index is 2.37. The van der Waals surface area contributed by atoms with E-state index in [9.17, 15) is 4.79 Å². The topological polar surface area (TPSA) is 70.6 Å². The quantitative estimate of drug-likeness (QED) is 0.646. The van der Waals surface area contributed by atoms with Crippen molar-refractivity contribution in [3.8, 4) is 0 Å². The molecule has 0 radical (unpaired) electrons. The van der Waals surface area contributed by atoms with Crippen LogP contribution in [0, 0.1) is 5.41 Å². The summed E-state index contributed by atoms with van der Waals surface area (Å²) in [6.07, 6.45) is 1.70. The van der Waals surface area contributed by atoms with Gasteiger partial charge in [0.2, 0.25) is 0 Å². The number of nitrogens with one attached hydrogen (secondary N) is 2. The lowest BCUT2D eigenvalue weighted by atomic mass is 9.89. The number of hydrogen-bond donors (Lipinski definition) is 3. The molecule has 0 aliphatic carbocycles. The van der Waals surface area contributed by atoms with Crippen molar-refractivity contribution >= 4 is 11.7 Å². The van der Waals surface area contributed by atoms with Gasteiger partial charge < -0.3 is 20.5 Å². The molecule has 5 heteroatoms. The van der Waals surface area contributed by atoms with Crippen LogP contribution < -0.4 is 10.6 Å². The minimum atomic E-state index is -0.222. The number of para-hydroxylation sites is 1. The van der Waals surface area contributed by atoms with Crippen LogP contribution in [-0.4, -0.2) is 31.4 Å². The number of urea groups is 1. The highest BCUT2D eigenvalue weighted by Gasteiger charge is 2.15. The first kappa shape index (κ1) is 17.5. The van der Waals surface area contributed by atoms with E-state index in [0.29, 0.717) is 13.2 Å². The molecule has 0 saturated heterocycles. The van der Waals surface area contributed by atoms with Crippen molar-refractivity contribution in [2.24, 2.45) is 5.41 Å². The fraction of sp³-hybridized carbons (Fsp3) is 0.562. The van der Waals surface area contributed by atoms with E-state index in [1.807, 2.05) is 38.1 Å². The van der Waals surface area contributed by atoms with E-state index in [0.717, 1.165) is 24.1 Å². The molecule has 0 saturated carbocycles. The smallest absolute Gasteiger partial charge is 0.319 e. The summed E-state index contributed by atoms with van der Waals surface area (Å²) in [6.45, 7) is 5.22. The number of rotatable bonds is 8. The highest BCUT2D eigenvalue weighted by molar-refractivity contribution is 5.90. The first-order valence-corrected chi connectivity index (χ1v) is 7.21. The van der Waals surface area contributed by atoms with Crippen LogP contribution in [-0.2, 0) is 11.3 Å². The molecule has 1 aromatic carbocycles. The van der Waals surface area contributed by atoms with Crippen LogP contribution in [0.1, 0.15) is 32.3 Å². The van der Waals surface area contributed by atoms with Crippen LogP contribution in [0.15, 0.2) is 24.3 Å². The summed E-state index contributed by atoms with van der Waals surface area (Å²) < 4.78 is 5.10. The number of methoxy groups -OCH3 is 1. The number of carbonyl (C=O) groups excluding carboxylic acids is 1. The summed E-state index contributed by atoms with van der Waals surface area (Å²) in [6, 6.07) is 7.33. The number of ether oxygens (including phenoxy) is 1. The number of benzene rings is 1. The molecule has 0 aliphatic rings. The molecule has 0 aliphatic heterocycles. The van der Waals surface area contributed by atoms with Gasteiger partial charge in [0.25, 0.3) is 0 Å². The molecule has 1 aromatic rings. The predicted molar refractivity (Wildman–Crippen MR) is 84.3 cm³/mol. The Morgan fingerprint density at radius 3 is 2.71 bits per heavy atom. The largest absolute Gasteiger partial charge is 0.396 e. The van der Waals surface area contributed by atoms with Gasteiger partial charge in [-0.25, -0.2) is 4.79 Å². The Morgan fingerprint density at radius 1 is 1.33 bits per heavy atom. The molecule has 0 unspecified atom stereocenters. The first-order valence-electron chi connectivity index (χ1n) is 7.21. The Labute approximate surface area is 126 Å². The van der Waals surface area contributed by atoms with Crippen molar-refractivity contribution in [3.63, 3.8) is 0 Å². The number of aliphatic hydroxyl groups is 1. The van der Waals surface area contributed by atoms with E-state index in [4.69, 9.17) is 9.84 Å². The minimum Gasteiger partial charge on any atom is -0.396 e. The van der Waals surface area contributed by atoms with Gasteiger partial charge >= 0.3 is 6.03 Å². The Hall–Kier alpha value is -1.59. The number of aliphatic hydroxyl groups excluding tert-OH is 1. The average Bonchev–Trinajstić information content (AvgIpc) is 2.46. The summed E-state index contributed by atoms with van der Waals surface area (Å²) in [7, 11) is 1.62. The zero-order chi connectivity index (χ0) is 15.7. The van der Waals surface area contributed by atoms with E-state index >= 15 is 0 Å². The van der Waals surface area contributed by atoms with Crippen molar-refractivity contribution in [1.82, 2.24) is 5.32 Å². The van der Waals surface area contributed by atoms with Gasteiger partial charge in [-0.05, 0) is 24.3 Å². The molecule has 21 heavy (non-hydrogen) atoms. The van der Waals surface area contributed by atoms with Crippen LogP contribution in [0.3, 0.4) is 0 Å². The minimum absolute atomic E-state index is 0.0940. The molecule has 0 bridgehead atoms. The van der Waals surface area contributed by atoms with Gasteiger partial charge in [0.1, 0.15) is 0 Å². The highest BCUT2D eigenvalue weighted by Crippen LogP contribution is 2.20. The van der Waals surface area contributed by atoms with Gasteiger partial charge in [-0.1, -0.05) is 32.0 Å². The fourth-order valence-electron chi connectivity index (χ4n) is 1.94. The van der Waals surface area contributed by atoms with E-state index < -0.39 is 0 Å². The molecular formula is C16H26N2O3. The molecule has 118 valence electrons. The number of amides is 2. The lowest BCUT2D eigenvalue weighted by molar-refractivity contribution is 0.148. The normalized spacial score (nSPS) is 11.2. The monoisotopic (exact) mass is 294 g/mol. The van der Waals surface area contributed by atoms with Crippen molar-refractivity contribution in [1.29, 1.82) is 0 Å². The van der Waals surface area contributed by atoms with Crippen LogP contribution in [0.2, 0.25) is 0 Å². The standard InChI is InChI=1S/C16H26N2O3/c1-16(2,12-19)9-6-10-17-15(20)18-14-8-5-4-7-13(14)11-21-3/h4-5,7-8,19H,6,9-12H2,1-3H3,(H2,17,18,20). The van der Waals surface area contributed by atoms with Crippen molar-refractivity contribution in [2.45, 2.75) is 33.3 Å². The number of carbonyl (C=O) groups is 1. The predicted octanol–water partition coefficient (Wildman–Crippen LogP) is 2.75. The summed E-state index contributed by atoms with van der Waals surface area (Å²) in [5, 5.41) is 14.8. The Bertz CT molecular complexity index is 447. The van der Waals surface area contributed by atoms with Crippen LogP contribution in [0.4, 0.5) is 10.5 Å². The van der Waals surface area contributed by atoms with Gasteiger partial charge in [0.15, 0.2) is 0 Å². The summed E-state index contributed by atoms with van der Waals surface area (Å²) in [5.74, 6) is 0. The zero-order valence-electron chi connectivity index (χ0n) is 13.1. The molecule has 2 amide bonds. The van der Waals surface area contributed by atoms with Crippen molar-refractivity contribution in [2.75, 3.05) is 25.6 Å². The molecule has 0 aromatic heterocycles. The van der Waals surface area contributed by atoms with Crippen molar-refractivity contribution in [3.05, 3.63) is 29.8 Å². The number of anilines is 1. The third-order valence-corrected chi connectivity index (χ3v) is 3.31. The Morgan fingerprint density at radius 2 is 2.05 bits per heavy atom. The van der Waals surface area contributed by atoms with Gasteiger partial charge in [0, 0.05) is 31.5 Å². The lowest BCUT2D eigenvalue weighted by Crippen LogP contribution is -2.30. The van der Waals surface area contributed by atoms with Crippen LogP contribution in [0.25, 0.3) is 0 Å². The van der Waals surface area contributed by atoms with E-state index in [1.54, 1.807) is 7.11 Å². The van der Waals surface area contributed by atoms with Gasteiger partial charge in [-0.2, -0.15) is 0 Å². The fourth-order valence-corrected chi connectivity index (χ4v) is 1.94. The molecule has 1 rings (SSSR count). The molecule has 0 heterocycles. The molecule has 0 atom stereocenters. The molecule has 3 N–H and O–H groups in total. The van der Waals surface area contributed by atoms with Gasteiger partial charge in [0.05, 0.1) is 6.61 Å². The second kappa shape index (κ2) is 8.64. The Kier molecular flexibility index (Phi) is 7.19. The van der Waals surface area contributed by atoms with E-state index in [2.05, 4.69) is 10.6 Å². The third kappa shape index (κ3) is 6.60. The number of hydrogen-bond acceptors (Lipinski definition) is 3.